The number of carbonyl (C=O) groups excluding carboxylic acids is 1. The fraction of sp³-hybridized carbons (Fsp3) is 0.182. The van der Waals surface area contributed by atoms with Crippen LogP contribution in [0.1, 0.15) is 10.4 Å². The van der Waals surface area contributed by atoms with Crippen molar-refractivity contribution < 1.29 is 4.79 Å². The topological polar surface area (TPSA) is 151 Å². The number of aromatic amines is 2. The number of aromatic nitrogens is 4. The van der Waals surface area contributed by atoms with Crippen molar-refractivity contribution in [3.63, 3.8) is 0 Å². The van der Waals surface area contributed by atoms with Crippen molar-refractivity contribution in [2.45, 2.75) is 0 Å². The summed E-state index contributed by atoms with van der Waals surface area (Å²) < 4.78 is 1.80. The lowest BCUT2D eigenvalue weighted by Gasteiger charge is -2.12. The van der Waals surface area contributed by atoms with Crippen LogP contribution in [-0.4, -0.2) is 25.0 Å². The molecule has 0 fully saturated rings. The number of nitrogens with zero attached hydrogens (tertiary/aromatic N) is 2. The van der Waals surface area contributed by atoms with Gasteiger partial charge < -0.3 is 10.6 Å². The molecule has 4 N–H and O–H groups in total. The highest BCUT2D eigenvalue weighted by molar-refractivity contribution is 6.10. The van der Waals surface area contributed by atoms with Gasteiger partial charge in [0, 0.05) is 14.1 Å². The second-order valence-electron chi connectivity index (χ2n) is 4.67. The zero-order valence-corrected chi connectivity index (χ0v) is 11.4. The van der Waals surface area contributed by atoms with Gasteiger partial charge in [-0.15, -0.1) is 0 Å². The highest BCUT2D eigenvalue weighted by Gasteiger charge is 2.28. The average Bonchev–Trinajstić information content (AvgIpc) is 2.60. The maximum atomic E-state index is 12.2. The first-order valence-corrected chi connectivity index (χ1v) is 6.06. The van der Waals surface area contributed by atoms with E-state index in [1.54, 1.807) is 0 Å². The van der Waals surface area contributed by atoms with Gasteiger partial charge in [0.05, 0.1) is 0 Å². The van der Waals surface area contributed by atoms with Crippen molar-refractivity contribution in [1.29, 1.82) is 0 Å². The fourth-order valence-electron chi connectivity index (χ4n) is 2.19. The van der Waals surface area contributed by atoms with Crippen LogP contribution in [0, 0.1) is 0 Å². The van der Waals surface area contributed by atoms with Crippen LogP contribution < -0.4 is 33.1 Å². The van der Waals surface area contributed by atoms with Crippen LogP contribution >= 0.6 is 0 Å². The van der Waals surface area contributed by atoms with Gasteiger partial charge in [-0.25, -0.2) is 9.59 Å². The summed E-state index contributed by atoms with van der Waals surface area (Å²) >= 11 is 0. The minimum Gasteiger partial charge on any atom is -0.325 e. The SMILES string of the molecule is Cn1c2c(c(=O)n(C)c1=O)C(=O)Nc1c([nH]c(=O)[nH]c1=O)N2. The van der Waals surface area contributed by atoms with Crippen LogP contribution in [0.3, 0.4) is 0 Å². The Bertz CT molecular complexity index is 1050. The molecule has 0 atom stereocenters. The van der Waals surface area contributed by atoms with Crippen molar-refractivity contribution in [3.05, 3.63) is 47.2 Å². The Balaban J connectivity index is 2.44. The van der Waals surface area contributed by atoms with Crippen LogP contribution in [0.2, 0.25) is 0 Å². The van der Waals surface area contributed by atoms with Gasteiger partial charge in [0.25, 0.3) is 17.0 Å². The number of carbonyl (C=O) groups is 1. The molecule has 114 valence electrons. The van der Waals surface area contributed by atoms with E-state index in [9.17, 15) is 24.0 Å². The molecule has 2 aromatic rings. The van der Waals surface area contributed by atoms with Gasteiger partial charge >= 0.3 is 11.4 Å². The Hall–Kier alpha value is -3.37. The van der Waals surface area contributed by atoms with Crippen LogP contribution in [0.25, 0.3) is 0 Å². The molecule has 1 aliphatic heterocycles. The molecule has 0 saturated carbocycles. The quantitative estimate of drug-likeness (QED) is 0.432. The largest absolute Gasteiger partial charge is 0.332 e. The lowest BCUT2D eigenvalue weighted by atomic mass is 10.2. The predicted octanol–water partition coefficient (Wildman–Crippen LogP) is -2.23. The van der Waals surface area contributed by atoms with Gasteiger partial charge in [-0.05, 0) is 0 Å². The lowest BCUT2D eigenvalue weighted by molar-refractivity contribution is 0.102. The number of amides is 1. The monoisotopic (exact) mass is 306 g/mol. The van der Waals surface area contributed by atoms with E-state index in [0.29, 0.717) is 0 Å². The molecule has 11 heteroatoms. The summed E-state index contributed by atoms with van der Waals surface area (Å²) in [5, 5.41) is 4.83. The maximum absolute atomic E-state index is 12.2. The Kier molecular flexibility index (Phi) is 2.67. The number of nitrogens with one attached hydrogen (secondary N) is 4. The number of H-pyrrole nitrogens is 2. The molecular formula is C11H10N6O5. The molecule has 1 amide bonds. The lowest BCUT2D eigenvalue weighted by Crippen LogP contribution is -2.41. The van der Waals surface area contributed by atoms with Crippen LogP contribution in [0.15, 0.2) is 19.2 Å². The smallest absolute Gasteiger partial charge is 0.325 e. The summed E-state index contributed by atoms with van der Waals surface area (Å²) in [7, 11) is 2.57. The molecule has 0 aliphatic carbocycles. The number of hydrogen-bond donors (Lipinski definition) is 4. The normalized spacial score (nSPS) is 12.7. The van der Waals surface area contributed by atoms with Gasteiger partial charge in [0.15, 0.2) is 0 Å². The Morgan fingerprint density at radius 2 is 1.55 bits per heavy atom. The number of fused-ring (bicyclic) bond motifs is 2. The molecular weight excluding hydrogens is 296 g/mol. The van der Waals surface area contributed by atoms with E-state index in [1.165, 1.54) is 14.1 Å². The van der Waals surface area contributed by atoms with Crippen molar-refractivity contribution in [1.82, 2.24) is 19.1 Å². The molecule has 22 heavy (non-hydrogen) atoms. The molecule has 3 rings (SSSR count). The molecule has 3 heterocycles. The van der Waals surface area contributed by atoms with Gasteiger partial charge in [-0.1, -0.05) is 0 Å². The van der Waals surface area contributed by atoms with Gasteiger partial charge in [0.2, 0.25) is 0 Å². The Morgan fingerprint density at radius 1 is 0.864 bits per heavy atom. The average molecular weight is 306 g/mol. The summed E-state index contributed by atoms with van der Waals surface area (Å²) in [4.78, 5) is 63.6. The first-order valence-electron chi connectivity index (χ1n) is 6.06. The van der Waals surface area contributed by atoms with Crippen LogP contribution in [-0.2, 0) is 14.1 Å². The third-order valence-corrected chi connectivity index (χ3v) is 3.32. The summed E-state index contributed by atoms with van der Waals surface area (Å²) in [5.74, 6) is -1.11. The number of rotatable bonds is 0. The molecule has 2 aromatic heterocycles. The summed E-state index contributed by atoms with van der Waals surface area (Å²) in [6.07, 6.45) is 0. The zero-order chi connectivity index (χ0) is 16.2. The molecule has 0 radical (unpaired) electrons. The van der Waals surface area contributed by atoms with Crippen LogP contribution in [0.4, 0.5) is 17.3 Å². The van der Waals surface area contributed by atoms with E-state index < -0.39 is 28.4 Å². The highest BCUT2D eigenvalue weighted by atomic mass is 16.2. The molecule has 0 unspecified atom stereocenters. The molecule has 11 nitrogen and oxygen atoms in total. The zero-order valence-electron chi connectivity index (χ0n) is 11.4. The van der Waals surface area contributed by atoms with E-state index >= 15 is 0 Å². The highest BCUT2D eigenvalue weighted by Crippen LogP contribution is 2.23. The van der Waals surface area contributed by atoms with E-state index in [0.717, 1.165) is 9.13 Å². The molecule has 0 aromatic carbocycles. The summed E-state index contributed by atoms with van der Waals surface area (Å²) in [5.41, 5.74) is -3.73. The van der Waals surface area contributed by atoms with Gasteiger partial charge in [-0.2, -0.15) is 0 Å². The third kappa shape index (κ3) is 1.72. The van der Waals surface area contributed by atoms with Crippen molar-refractivity contribution in [2.24, 2.45) is 14.1 Å². The van der Waals surface area contributed by atoms with Crippen molar-refractivity contribution >= 4 is 23.2 Å². The van der Waals surface area contributed by atoms with E-state index in [4.69, 9.17) is 0 Å². The van der Waals surface area contributed by atoms with Crippen LogP contribution in [0.5, 0.6) is 0 Å². The van der Waals surface area contributed by atoms with Gasteiger partial charge in [0.1, 0.15) is 22.9 Å². The van der Waals surface area contributed by atoms with E-state index in [1.807, 2.05) is 4.98 Å². The number of anilines is 3. The molecule has 0 bridgehead atoms. The van der Waals surface area contributed by atoms with E-state index in [2.05, 4.69) is 15.6 Å². The van der Waals surface area contributed by atoms with E-state index in [-0.39, 0.29) is 22.9 Å². The number of hydrogen-bond acceptors (Lipinski definition) is 6. The first kappa shape index (κ1) is 13.6. The Labute approximate surface area is 120 Å². The van der Waals surface area contributed by atoms with Crippen molar-refractivity contribution in [3.8, 4) is 0 Å². The fourth-order valence-corrected chi connectivity index (χ4v) is 2.19. The predicted molar refractivity (Wildman–Crippen MR) is 75.8 cm³/mol. The summed E-state index contributed by atoms with van der Waals surface area (Å²) in [6, 6.07) is 0. The molecule has 0 saturated heterocycles. The molecule has 1 aliphatic rings. The second-order valence-corrected chi connectivity index (χ2v) is 4.67. The standard InChI is InChI=1S/C11H10N6O5/c1-16-6-3(9(20)17(2)11(16)22)7(18)12-4-5(13-6)14-10(21)15-8(4)19/h1-2H3,(H,12,18)(H3,13,14,15,19,21). The Morgan fingerprint density at radius 3 is 2.23 bits per heavy atom. The second kappa shape index (κ2) is 4.31. The minimum atomic E-state index is -0.866. The summed E-state index contributed by atoms with van der Waals surface area (Å²) in [6.45, 7) is 0. The van der Waals surface area contributed by atoms with Crippen molar-refractivity contribution in [2.75, 3.05) is 10.6 Å². The maximum Gasteiger partial charge on any atom is 0.332 e. The molecule has 0 spiro atoms. The minimum absolute atomic E-state index is 0.120. The third-order valence-electron chi connectivity index (χ3n) is 3.32. The van der Waals surface area contributed by atoms with Gasteiger partial charge in [-0.3, -0.25) is 33.5 Å². The first-order chi connectivity index (χ1) is 10.3.